The highest BCUT2D eigenvalue weighted by Gasteiger charge is 2.33. The third-order valence-electron chi connectivity index (χ3n) is 3.43. The van der Waals surface area contributed by atoms with E-state index in [4.69, 9.17) is 4.52 Å². The molecular weight excluding hydrogens is 244 g/mol. The van der Waals surface area contributed by atoms with Crippen molar-refractivity contribution >= 4 is 5.91 Å². The van der Waals surface area contributed by atoms with Crippen LogP contribution in [0.15, 0.2) is 22.9 Å². The maximum Gasteiger partial charge on any atom is 0.274 e. The molecule has 1 aliphatic rings. The lowest BCUT2D eigenvalue weighted by molar-refractivity contribution is 0.0724. The standard InChI is InChI=1S/C13H16N4O2/c1-9-8-11(15-19-9)12-4-3-6-17(12)13(18)10-5-7-16(2)14-10/h5,7-8,12H,3-4,6H2,1-2H3. The molecule has 1 amide bonds. The second-order valence-electron chi connectivity index (χ2n) is 4.89. The Balaban J connectivity index is 1.85. The first kappa shape index (κ1) is 12.0. The number of hydrogen-bond acceptors (Lipinski definition) is 4. The highest BCUT2D eigenvalue weighted by atomic mass is 16.5. The number of hydrogen-bond donors (Lipinski definition) is 0. The first-order chi connectivity index (χ1) is 9.15. The van der Waals surface area contributed by atoms with Crippen molar-refractivity contribution in [2.24, 2.45) is 7.05 Å². The highest BCUT2D eigenvalue weighted by molar-refractivity contribution is 5.92. The van der Waals surface area contributed by atoms with Gasteiger partial charge in [-0.15, -0.1) is 0 Å². The predicted molar refractivity (Wildman–Crippen MR) is 67.5 cm³/mol. The summed E-state index contributed by atoms with van der Waals surface area (Å²) in [5.74, 6) is 0.732. The van der Waals surface area contributed by atoms with E-state index in [2.05, 4.69) is 10.3 Å². The lowest BCUT2D eigenvalue weighted by atomic mass is 10.1. The third kappa shape index (κ3) is 2.14. The van der Waals surface area contributed by atoms with Crippen LogP contribution >= 0.6 is 0 Å². The summed E-state index contributed by atoms with van der Waals surface area (Å²) in [6.45, 7) is 2.60. The van der Waals surface area contributed by atoms with Crippen LogP contribution < -0.4 is 0 Å². The average Bonchev–Trinajstić information content (AvgIpc) is 3.07. The van der Waals surface area contributed by atoms with Gasteiger partial charge < -0.3 is 9.42 Å². The molecule has 100 valence electrons. The van der Waals surface area contributed by atoms with Crippen LogP contribution in [0.4, 0.5) is 0 Å². The Morgan fingerprint density at radius 3 is 3.00 bits per heavy atom. The summed E-state index contributed by atoms with van der Waals surface area (Å²) in [7, 11) is 1.80. The summed E-state index contributed by atoms with van der Waals surface area (Å²) in [4.78, 5) is 14.3. The zero-order valence-corrected chi connectivity index (χ0v) is 11.0. The van der Waals surface area contributed by atoms with Crippen molar-refractivity contribution in [3.8, 4) is 0 Å². The predicted octanol–water partition coefficient (Wildman–Crippen LogP) is 1.69. The topological polar surface area (TPSA) is 64.2 Å². The molecule has 2 aromatic heterocycles. The number of likely N-dealkylation sites (tertiary alicyclic amines) is 1. The second kappa shape index (κ2) is 4.53. The first-order valence-corrected chi connectivity index (χ1v) is 6.39. The Labute approximate surface area is 111 Å². The number of rotatable bonds is 2. The SMILES string of the molecule is Cc1cc(C2CCCN2C(=O)c2ccn(C)n2)no1. The third-order valence-corrected chi connectivity index (χ3v) is 3.43. The van der Waals surface area contributed by atoms with Gasteiger partial charge in [0.25, 0.3) is 5.91 Å². The minimum absolute atomic E-state index is 0.00644. The van der Waals surface area contributed by atoms with Crippen molar-refractivity contribution in [2.45, 2.75) is 25.8 Å². The maximum absolute atomic E-state index is 12.4. The molecule has 1 atom stereocenters. The minimum Gasteiger partial charge on any atom is -0.361 e. The molecule has 0 aliphatic carbocycles. The fraction of sp³-hybridized carbons (Fsp3) is 0.462. The van der Waals surface area contributed by atoms with E-state index < -0.39 is 0 Å². The van der Waals surface area contributed by atoms with Crippen molar-refractivity contribution in [3.63, 3.8) is 0 Å². The van der Waals surface area contributed by atoms with E-state index in [0.29, 0.717) is 5.69 Å². The molecule has 3 rings (SSSR count). The van der Waals surface area contributed by atoms with Gasteiger partial charge in [0.05, 0.1) is 6.04 Å². The molecule has 6 heteroatoms. The molecule has 0 N–H and O–H groups in total. The summed E-state index contributed by atoms with van der Waals surface area (Å²) in [6.07, 6.45) is 3.68. The normalized spacial score (nSPS) is 19.1. The van der Waals surface area contributed by atoms with Gasteiger partial charge in [-0.3, -0.25) is 9.48 Å². The van der Waals surface area contributed by atoms with Gasteiger partial charge in [-0.05, 0) is 25.8 Å². The quantitative estimate of drug-likeness (QED) is 0.824. The fourth-order valence-corrected chi connectivity index (χ4v) is 2.54. The summed E-state index contributed by atoms with van der Waals surface area (Å²) >= 11 is 0. The van der Waals surface area contributed by atoms with Crippen molar-refractivity contribution in [2.75, 3.05) is 6.54 Å². The van der Waals surface area contributed by atoms with Gasteiger partial charge in [-0.1, -0.05) is 5.16 Å². The molecule has 1 unspecified atom stereocenters. The van der Waals surface area contributed by atoms with Crippen LogP contribution in [0.5, 0.6) is 0 Å². The smallest absolute Gasteiger partial charge is 0.274 e. The van der Waals surface area contributed by atoms with Crippen molar-refractivity contribution in [1.29, 1.82) is 0 Å². The van der Waals surface area contributed by atoms with Gasteiger partial charge in [0.2, 0.25) is 0 Å². The molecule has 6 nitrogen and oxygen atoms in total. The molecule has 19 heavy (non-hydrogen) atoms. The van der Waals surface area contributed by atoms with Crippen LogP contribution in [0.3, 0.4) is 0 Å². The molecule has 2 aromatic rings. The zero-order chi connectivity index (χ0) is 13.4. The molecule has 0 radical (unpaired) electrons. The fourth-order valence-electron chi connectivity index (χ4n) is 2.54. The number of carbonyl (C=O) groups excluding carboxylic acids is 1. The number of aryl methyl sites for hydroxylation is 2. The molecule has 0 bridgehead atoms. The lowest BCUT2D eigenvalue weighted by Crippen LogP contribution is -2.31. The minimum atomic E-state index is -0.0382. The molecular formula is C13H16N4O2. The molecule has 1 fully saturated rings. The van der Waals surface area contributed by atoms with Crippen LogP contribution in [0.25, 0.3) is 0 Å². The Kier molecular flexibility index (Phi) is 2.85. The lowest BCUT2D eigenvalue weighted by Gasteiger charge is -2.21. The van der Waals surface area contributed by atoms with Crippen molar-refractivity contribution in [3.05, 3.63) is 35.5 Å². The van der Waals surface area contributed by atoms with Gasteiger partial charge >= 0.3 is 0 Å². The largest absolute Gasteiger partial charge is 0.361 e. The van der Waals surface area contributed by atoms with Gasteiger partial charge in [-0.2, -0.15) is 5.10 Å². The molecule has 0 spiro atoms. The summed E-state index contributed by atoms with van der Waals surface area (Å²) < 4.78 is 6.74. The molecule has 3 heterocycles. The van der Waals surface area contributed by atoms with Gasteiger partial charge in [0.15, 0.2) is 0 Å². The number of carbonyl (C=O) groups is 1. The summed E-state index contributed by atoms with van der Waals surface area (Å²) in [6, 6.07) is 3.65. The highest BCUT2D eigenvalue weighted by Crippen LogP contribution is 2.32. The number of amides is 1. The monoisotopic (exact) mass is 260 g/mol. The van der Waals surface area contributed by atoms with E-state index in [1.54, 1.807) is 24.0 Å². The van der Waals surface area contributed by atoms with Crippen LogP contribution in [-0.2, 0) is 7.05 Å². The Morgan fingerprint density at radius 2 is 2.37 bits per heavy atom. The Bertz CT molecular complexity index is 601. The molecule has 1 saturated heterocycles. The van der Waals surface area contributed by atoms with Crippen LogP contribution in [0.1, 0.15) is 40.8 Å². The molecule has 1 aliphatic heterocycles. The maximum atomic E-state index is 12.4. The van der Waals surface area contributed by atoms with E-state index in [0.717, 1.165) is 30.8 Å². The Hall–Kier alpha value is -2.11. The first-order valence-electron chi connectivity index (χ1n) is 6.39. The average molecular weight is 260 g/mol. The van der Waals surface area contributed by atoms with E-state index in [1.807, 2.05) is 17.9 Å². The van der Waals surface area contributed by atoms with Gasteiger partial charge in [0.1, 0.15) is 17.1 Å². The van der Waals surface area contributed by atoms with Gasteiger partial charge in [-0.25, -0.2) is 0 Å². The Morgan fingerprint density at radius 1 is 1.53 bits per heavy atom. The van der Waals surface area contributed by atoms with Crippen LogP contribution in [0.2, 0.25) is 0 Å². The summed E-state index contributed by atoms with van der Waals surface area (Å²) in [5.41, 5.74) is 1.31. The van der Waals surface area contributed by atoms with Crippen LogP contribution in [-0.4, -0.2) is 32.3 Å². The van der Waals surface area contributed by atoms with Crippen LogP contribution in [0, 0.1) is 6.92 Å². The van der Waals surface area contributed by atoms with Gasteiger partial charge in [0, 0.05) is 25.9 Å². The van der Waals surface area contributed by atoms with Crippen molar-refractivity contribution in [1.82, 2.24) is 19.8 Å². The van der Waals surface area contributed by atoms with E-state index >= 15 is 0 Å². The number of aromatic nitrogens is 3. The second-order valence-corrected chi connectivity index (χ2v) is 4.89. The molecule has 0 saturated carbocycles. The van der Waals surface area contributed by atoms with E-state index in [1.165, 1.54) is 0 Å². The molecule has 0 aromatic carbocycles. The van der Waals surface area contributed by atoms with E-state index in [9.17, 15) is 4.79 Å². The number of nitrogens with zero attached hydrogens (tertiary/aromatic N) is 4. The zero-order valence-electron chi connectivity index (χ0n) is 11.0. The van der Waals surface area contributed by atoms with Crippen molar-refractivity contribution < 1.29 is 9.32 Å². The summed E-state index contributed by atoms with van der Waals surface area (Å²) in [5, 5.41) is 8.20. The van der Waals surface area contributed by atoms with E-state index in [-0.39, 0.29) is 11.9 Å².